The summed E-state index contributed by atoms with van der Waals surface area (Å²) in [5.41, 5.74) is 12.3. The summed E-state index contributed by atoms with van der Waals surface area (Å²) in [6.07, 6.45) is 2.94. The summed E-state index contributed by atoms with van der Waals surface area (Å²) in [7, 11) is 0. The molecule has 1 aliphatic rings. The number of thioether (sulfide) groups is 1. The number of nitrogens with one attached hydrogen (secondary N) is 4. The number of amides is 6. The largest absolute Gasteiger partial charge is 0.480 e. The highest BCUT2D eigenvalue weighted by Gasteiger charge is 2.39. The van der Waals surface area contributed by atoms with Crippen LogP contribution in [0.1, 0.15) is 57.9 Å². The summed E-state index contributed by atoms with van der Waals surface area (Å²) in [5, 5.41) is 19.4. The van der Waals surface area contributed by atoms with Gasteiger partial charge in [0, 0.05) is 13.0 Å². The Morgan fingerprint density at radius 3 is 2.25 bits per heavy atom. The summed E-state index contributed by atoms with van der Waals surface area (Å²) in [6.45, 7) is 3.48. The highest BCUT2D eigenvalue weighted by atomic mass is 32.2. The van der Waals surface area contributed by atoms with E-state index in [-0.39, 0.29) is 38.1 Å². The minimum atomic E-state index is -1.27. The maximum Gasteiger partial charge on any atom is 0.326 e. The van der Waals surface area contributed by atoms with Crippen molar-refractivity contribution in [2.75, 3.05) is 25.1 Å². The average Bonchev–Trinajstić information content (AvgIpc) is 3.53. The number of nitrogens with zero attached hydrogens (tertiary/aromatic N) is 1. The van der Waals surface area contributed by atoms with Crippen molar-refractivity contribution < 1.29 is 38.7 Å². The van der Waals surface area contributed by atoms with Crippen LogP contribution in [0.4, 0.5) is 0 Å². The zero-order valence-corrected chi connectivity index (χ0v) is 28.6. The first kappa shape index (κ1) is 40.0. The number of primary amides is 1. The zero-order chi connectivity index (χ0) is 35.8. The van der Waals surface area contributed by atoms with Gasteiger partial charge in [-0.3, -0.25) is 28.8 Å². The van der Waals surface area contributed by atoms with E-state index in [4.69, 9.17) is 11.5 Å². The van der Waals surface area contributed by atoms with Crippen molar-refractivity contribution in [3.05, 3.63) is 35.9 Å². The molecule has 9 N–H and O–H groups in total. The molecule has 5 unspecified atom stereocenters. The molecule has 0 spiro atoms. The SMILES string of the molecule is CSCCC(NC(=O)CNC(=O)C(CCC(N)=O)NC(=O)C1CCCN1C(=O)C(CC(C)C)NC(=O)C(N)Cc1ccccc1)C(=O)O. The topological polar surface area (TPSA) is 243 Å². The van der Waals surface area contributed by atoms with E-state index in [1.54, 1.807) is 6.26 Å². The normalized spacial score (nSPS) is 16.7. The molecule has 15 nitrogen and oxygen atoms in total. The molecular weight excluding hydrogens is 642 g/mol. The maximum absolute atomic E-state index is 13.8. The van der Waals surface area contributed by atoms with E-state index in [0.29, 0.717) is 25.0 Å². The Balaban J connectivity index is 2.10. The minimum Gasteiger partial charge on any atom is -0.480 e. The van der Waals surface area contributed by atoms with Gasteiger partial charge in [-0.2, -0.15) is 11.8 Å². The van der Waals surface area contributed by atoms with Crippen LogP contribution in [0.25, 0.3) is 0 Å². The second kappa shape index (κ2) is 20.2. The van der Waals surface area contributed by atoms with Crippen molar-refractivity contribution >= 4 is 53.2 Å². The van der Waals surface area contributed by atoms with Gasteiger partial charge in [0.05, 0.1) is 12.6 Å². The van der Waals surface area contributed by atoms with Crippen LogP contribution in [-0.4, -0.2) is 107 Å². The van der Waals surface area contributed by atoms with E-state index in [1.165, 1.54) is 16.7 Å². The van der Waals surface area contributed by atoms with E-state index in [9.17, 15) is 38.7 Å². The van der Waals surface area contributed by atoms with Crippen molar-refractivity contribution in [1.82, 2.24) is 26.2 Å². The van der Waals surface area contributed by atoms with E-state index in [1.807, 2.05) is 44.2 Å². The fourth-order valence-electron chi connectivity index (χ4n) is 5.29. The molecule has 266 valence electrons. The molecular formula is C32H49N7O8S. The van der Waals surface area contributed by atoms with Crippen LogP contribution < -0.4 is 32.7 Å². The number of rotatable bonds is 20. The van der Waals surface area contributed by atoms with E-state index in [0.717, 1.165) is 5.56 Å². The van der Waals surface area contributed by atoms with Crippen LogP contribution in [0.5, 0.6) is 0 Å². The molecule has 2 rings (SSSR count). The number of aliphatic carboxylic acids is 1. The second-order valence-electron chi connectivity index (χ2n) is 12.2. The lowest BCUT2D eigenvalue weighted by Gasteiger charge is -2.31. The Kier molecular flexibility index (Phi) is 16.9. The number of hydrogen-bond donors (Lipinski definition) is 7. The lowest BCUT2D eigenvalue weighted by atomic mass is 10.0. The first-order valence-corrected chi connectivity index (χ1v) is 17.4. The molecule has 1 heterocycles. The molecule has 0 radical (unpaired) electrons. The summed E-state index contributed by atoms with van der Waals surface area (Å²) in [6, 6.07) is 4.04. The number of likely N-dealkylation sites (tertiary alicyclic amines) is 1. The average molecular weight is 692 g/mol. The number of carboxylic acid groups (broad SMARTS) is 1. The van der Waals surface area contributed by atoms with Gasteiger partial charge >= 0.3 is 5.97 Å². The van der Waals surface area contributed by atoms with Crippen LogP contribution in [0.3, 0.4) is 0 Å². The van der Waals surface area contributed by atoms with Gasteiger partial charge in [-0.05, 0) is 62.0 Å². The number of benzene rings is 1. The number of carbonyl (C=O) groups is 7. The molecule has 1 fully saturated rings. The summed E-state index contributed by atoms with van der Waals surface area (Å²) in [5.74, 6) is -4.53. The van der Waals surface area contributed by atoms with Crippen LogP contribution in [0.2, 0.25) is 0 Å². The summed E-state index contributed by atoms with van der Waals surface area (Å²) in [4.78, 5) is 90.1. The third kappa shape index (κ3) is 13.5. The van der Waals surface area contributed by atoms with Crippen molar-refractivity contribution in [2.45, 2.75) is 89.0 Å². The standard InChI is InChI=1S/C32H49N7O8S/c1-19(2)16-24(38-28(42)21(33)17-20-8-5-4-6-9-20)31(45)39-14-7-10-25(39)30(44)37-22(11-12-26(34)40)29(43)35-18-27(41)36-23(32(46)47)13-15-48-3/h4-6,8-9,19,21-25H,7,10-18,33H2,1-3H3,(H2,34,40)(H,35,43)(H,36,41)(H,37,44)(H,38,42)(H,46,47). The molecule has 1 aromatic rings. The van der Waals surface area contributed by atoms with Gasteiger partial charge in [0.15, 0.2) is 0 Å². The molecule has 16 heteroatoms. The quantitative estimate of drug-likeness (QED) is 0.0904. The fraction of sp³-hybridized carbons (Fsp3) is 0.594. The van der Waals surface area contributed by atoms with Gasteiger partial charge in [-0.15, -0.1) is 0 Å². The van der Waals surface area contributed by atoms with Crippen molar-refractivity contribution in [2.24, 2.45) is 17.4 Å². The smallest absolute Gasteiger partial charge is 0.326 e. The first-order valence-electron chi connectivity index (χ1n) is 16.0. The van der Waals surface area contributed by atoms with E-state index in [2.05, 4.69) is 21.3 Å². The third-order valence-corrected chi connectivity index (χ3v) is 8.42. The lowest BCUT2D eigenvalue weighted by molar-refractivity contribution is -0.142. The molecule has 1 saturated heterocycles. The monoisotopic (exact) mass is 691 g/mol. The Hall–Kier alpha value is -4.18. The van der Waals surface area contributed by atoms with Gasteiger partial charge in [0.25, 0.3) is 0 Å². The Bertz CT molecular complexity index is 1280. The highest BCUT2D eigenvalue weighted by Crippen LogP contribution is 2.21. The van der Waals surface area contributed by atoms with Crippen molar-refractivity contribution in [3.63, 3.8) is 0 Å². The van der Waals surface area contributed by atoms with Crippen LogP contribution in [0, 0.1) is 5.92 Å². The molecule has 0 bridgehead atoms. The van der Waals surface area contributed by atoms with Crippen molar-refractivity contribution in [1.29, 1.82) is 0 Å². The molecule has 0 aromatic heterocycles. The third-order valence-electron chi connectivity index (χ3n) is 7.77. The van der Waals surface area contributed by atoms with Gasteiger partial charge < -0.3 is 42.7 Å². The van der Waals surface area contributed by atoms with E-state index >= 15 is 0 Å². The Labute approximate surface area is 285 Å². The maximum atomic E-state index is 13.8. The molecule has 1 aliphatic heterocycles. The number of nitrogens with two attached hydrogens (primary N) is 2. The zero-order valence-electron chi connectivity index (χ0n) is 27.7. The minimum absolute atomic E-state index is 0.0230. The van der Waals surface area contributed by atoms with Gasteiger partial charge in [0.1, 0.15) is 24.2 Å². The van der Waals surface area contributed by atoms with Crippen molar-refractivity contribution in [3.8, 4) is 0 Å². The lowest BCUT2D eigenvalue weighted by Crippen LogP contribution is -2.58. The van der Waals surface area contributed by atoms with Crippen LogP contribution >= 0.6 is 11.8 Å². The van der Waals surface area contributed by atoms with Crippen LogP contribution in [-0.2, 0) is 40.0 Å². The number of hydrogen-bond acceptors (Lipinski definition) is 9. The van der Waals surface area contributed by atoms with Gasteiger partial charge in [0.2, 0.25) is 35.4 Å². The predicted molar refractivity (Wildman–Crippen MR) is 180 cm³/mol. The second-order valence-corrected chi connectivity index (χ2v) is 13.2. The molecule has 6 amide bonds. The predicted octanol–water partition coefficient (Wildman–Crippen LogP) is -0.733. The number of carbonyl (C=O) groups excluding carboxylic acids is 6. The van der Waals surface area contributed by atoms with E-state index < -0.39 is 78.2 Å². The molecule has 5 atom stereocenters. The highest BCUT2D eigenvalue weighted by molar-refractivity contribution is 7.98. The summed E-state index contributed by atoms with van der Waals surface area (Å²) < 4.78 is 0. The van der Waals surface area contributed by atoms with Gasteiger partial charge in [-0.1, -0.05) is 44.2 Å². The molecule has 0 saturated carbocycles. The molecule has 48 heavy (non-hydrogen) atoms. The first-order chi connectivity index (χ1) is 22.7. The fourth-order valence-corrected chi connectivity index (χ4v) is 5.76. The molecule has 0 aliphatic carbocycles. The Morgan fingerprint density at radius 1 is 0.958 bits per heavy atom. The number of carboxylic acids is 1. The summed E-state index contributed by atoms with van der Waals surface area (Å²) >= 11 is 1.42. The molecule has 1 aromatic carbocycles. The van der Waals surface area contributed by atoms with Crippen LogP contribution in [0.15, 0.2) is 30.3 Å². The Morgan fingerprint density at radius 2 is 1.65 bits per heavy atom. The van der Waals surface area contributed by atoms with Gasteiger partial charge in [-0.25, -0.2) is 4.79 Å².